The summed E-state index contributed by atoms with van der Waals surface area (Å²) in [6.07, 6.45) is 1.83. The Morgan fingerprint density at radius 1 is 1.44 bits per heavy atom. The van der Waals surface area contributed by atoms with E-state index in [1.54, 1.807) is 11.3 Å². The highest BCUT2D eigenvalue weighted by molar-refractivity contribution is 7.09. The molecule has 0 atom stereocenters. The van der Waals surface area contributed by atoms with Gasteiger partial charge in [0.15, 0.2) is 0 Å². The lowest BCUT2D eigenvalue weighted by Gasteiger charge is -2.14. The minimum Gasteiger partial charge on any atom is -0.379 e. The van der Waals surface area contributed by atoms with Gasteiger partial charge in [-0.05, 0) is 7.05 Å². The van der Waals surface area contributed by atoms with Crippen LogP contribution in [0.25, 0.3) is 0 Å². The number of halogens is 2. The van der Waals surface area contributed by atoms with Gasteiger partial charge in [-0.15, -0.1) is 36.2 Å². The zero-order valence-corrected chi connectivity index (χ0v) is 11.7. The summed E-state index contributed by atoms with van der Waals surface area (Å²) in [6.45, 7) is 3.78. The average molecular weight is 288 g/mol. The van der Waals surface area contributed by atoms with Gasteiger partial charge in [0.1, 0.15) is 5.01 Å². The summed E-state index contributed by atoms with van der Waals surface area (Å²) < 4.78 is 5.29. The normalized spacial score (nSPS) is 9.69. The topological polar surface area (TPSA) is 51.4 Å². The van der Waals surface area contributed by atoms with Crippen LogP contribution in [0.2, 0.25) is 0 Å². The summed E-state index contributed by atoms with van der Waals surface area (Å²) in [6, 6.07) is 0. The van der Waals surface area contributed by atoms with Crippen LogP contribution < -0.4 is 5.73 Å². The van der Waals surface area contributed by atoms with E-state index in [4.69, 9.17) is 10.5 Å². The van der Waals surface area contributed by atoms with Gasteiger partial charge in [-0.1, -0.05) is 0 Å². The standard InChI is InChI=1S/C9H17N3OS.2ClH/c1-12(4-6-13-5-2-10)8-9-11-3-7-14-9;;/h3,7H,2,4-6,8,10H2,1H3;2*1H. The maximum absolute atomic E-state index is 5.31. The molecule has 2 N–H and O–H groups in total. The summed E-state index contributed by atoms with van der Waals surface area (Å²) in [7, 11) is 2.06. The molecule has 16 heavy (non-hydrogen) atoms. The van der Waals surface area contributed by atoms with Crippen LogP contribution >= 0.6 is 36.2 Å². The van der Waals surface area contributed by atoms with Gasteiger partial charge < -0.3 is 10.5 Å². The van der Waals surface area contributed by atoms with Gasteiger partial charge in [-0.3, -0.25) is 4.90 Å². The van der Waals surface area contributed by atoms with Crippen molar-refractivity contribution in [2.24, 2.45) is 5.73 Å². The monoisotopic (exact) mass is 287 g/mol. The third-order valence-corrected chi connectivity index (χ3v) is 2.53. The first-order chi connectivity index (χ1) is 6.83. The smallest absolute Gasteiger partial charge is 0.107 e. The third-order valence-electron chi connectivity index (χ3n) is 1.77. The number of nitrogens with two attached hydrogens (primary N) is 1. The molecule has 0 radical (unpaired) electrons. The van der Waals surface area contributed by atoms with E-state index in [0.29, 0.717) is 13.2 Å². The number of hydrogen-bond acceptors (Lipinski definition) is 5. The third kappa shape index (κ3) is 8.27. The number of likely N-dealkylation sites (N-methyl/N-ethyl adjacent to an activating group) is 1. The number of aromatic nitrogens is 1. The highest BCUT2D eigenvalue weighted by Gasteiger charge is 2.01. The van der Waals surface area contributed by atoms with Gasteiger partial charge in [0.25, 0.3) is 0 Å². The van der Waals surface area contributed by atoms with Crippen LogP contribution in [0.4, 0.5) is 0 Å². The highest BCUT2D eigenvalue weighted by Crippen LogP contribution is 2.06. The molecular weight excluding hydrogens is 269 g/mol. The molecule has 0 unspecified atom stereocenters. The molecule has 1 aromatic rings. The second-order valence-corrected chi connectivity index (χ2v) is 4.04. The van der Waals surface area contributed by atoms with E-state index in [0.717, 1.165) is 24.7 Å². The molecule has 0 fully saturated rings. The molecule has 1 rings (SSSR count). The minimum atomic E-state index is 0. The Hall–Kier alpha value is 0.0900. The van der Waals surface area contributed by atoms with Crippen molar-refractivity contribution in [2.45, 2.75) is 6.54 Å². The predicted molar refractivity (Wildman–Crippen MR) is 72.8 cm³/mol. The van der Waals surface area contributed by atoms with Crippen LogP contribution in [-0.4, -0.2) is 43.2 Å². The molecule has 0 saturated heterocycles. The first-order valence-corrected chi connectivity index (χ1v) is 5.55. The van der Waals surface area contributed by atoms with Crippen LogP contribution in [-0.2, 0) is 11.3 Å². The summed E-state index contributed by atoms with van der Waals surface area (Å²) in [5.74, 6) is 0. The fourth-order valence-corrected chi connectivity index (χ4v) is 1.74. The fourth-order valence-electron chi connectivity index (χ4n) is 1.05. The van der Waals surface area contributed by atoms with E-state index in [-0.39, 0.29) is 24.8 Å². The molecule has 0 bridgehead atoms. The van der Waals surface area contributed by atoms with Gasteiger partial charge in [-0.25, -0.2) is 4.98 Å². The molecule has 0 spiro atoms. The van der Waals surface area contributed by atoms with Crippen LogP contribution in [0.1, 0.15) is 5.01 Å². The van der Waals surface area contributed by atoms with Crippen LogP contribution in [0.5, 0.6) is 0 Å². The molecular formula is C9H19Cl2N3OS. The Morgan fingerprint density at radius 2 is 2.19 bits per heavy atom. The van der Waals surface area contributed by atoms with E-state index in [9.17, 15) is 0 Å². The number of hydrogen-bond donors (Lipinski definition) is 1. The van der Waals surface area contributed by atoms with Gasteiger partial charge in [0, 0.05) is 24.7 Å². The van der Waals surface area contributed by atoms with Gasteiger partial charge in [0.05, 0.1) is 19.8 Å². The van der Waals surface area contributed by atoms with E-state index in [2.05, 4.69) is 16.9 Å². The number of ether oxygens (including phenoxy) is 1. The van der Waals surface area contributed by atoms with Crippen LogP contribution in [0.3, 0.4) is 0 Å². The summed E-state index contributed by atoms with van der Waals surface area (Å²) in [5, 5.41) is 3.14. The van der Waals surface area contributed by atoms with Gasteiger partial charge in [-0.2, -0.15) is 0 Å². The maximum atomic E-state index is 5.31. The van der Waals surface area contributed by atoms with E-state index in [1.165, 1.54) is 0 Å². The summed E-state index contributed by atoms with van der Waals surface area (Å²) >= 11 is 1.68. The Balaban J connectivity index is 0. The number of rotatable bonds is 7. The average Bonchev–Trinajstić information content (AvgIpc) is 2.65. The van der Waals surface area contributed by atoms with Crippen molar-refractivity contribution in [1.29, 1.82) is 0 Å². The quantitative estimate of drug-likeness (QED) is 0.770. The van der Waals surface area contributed by atoms with Crippen LogP contribution in [0, 0.1) is 0 Å². The lowest BCUT2D eigenvalue weighted by Crippen LogP contribution is -2.23. The second kappa shape index (κ2) is 11.6. The largest absolute Gasteiger partial charge is 0.379 e. The molecule has 0 saturated carbocycles. The zero-order valence-electron chi connectivity index (χ0n) is 9.30. The Morgan fingerprint density at radius 3 is 2.75 bits per heavy atom. The number of thiazole rings is 1. The van der Waals surface area contributed by atoms with E-state index >= 15 is 0 Å². The van der Waals surface area contributed by atoms with Crippen molar-refractivity contribution in [3.05, 3.63) is 16.6 Å². The maximum Gasteiger partial charge on any atom is 0.107 e. The molecule has 0 aromatic carbocycles. The number of nitrogens with zero attached hydrogens (tertiary/aromatic N) is 2. The molecule has 0 amide bonds. The van der Waals surface area contributed by atoms with Gasteiger partial charge in [0.2, 0.25) is 0 Å². The van der Waals surface area contributed by atoms with E-state index in [1.807, 2.05) is 11.6 Å². The minimum absolute atomic E-state index is 0. The molecule has 4 nitrogen and oxygen atoms in total. The predicted octanol–water partition coefficient (Wildman–Crippen LogP) is 1.39. The van der Waals surface area contributed by atoms with Crippen molar-refractivity contribution >= 4 is 36.2 Å². The molecule has 96 valence electrons. The Labute approximate surface area is 113 Å². The lowest BCUT2D eigenvalue weighted by molar-refractivity contribution is 0.115. The Bertz CT molecular complexity index is 237. The van der Waals surface area contributed by atoms with Crippen molar-refractivity contribution in [2.75, 3.05) is 33.4 Å². The summed E-state index contributed by atoms with van der Waals surface area (Å²) in [4.78, 5) is 6.41. The Kier molecular flexibility index (Phi) is 13.3. The molecule has 0 aliphatic rings. The fraction of sp³-hybridized carbons (Fsp3) is 0.667. The zero-order chi connectivity index (χ0) is 10.2. The van der Waals surface area contributed by atoms with Crippen molar-refractivity contribution < 1.29 is 4.74 Å². The molecule has 1 heterocycles. The van der Waals surface area contributed by atoms with Crippen molar-refractivity contribution in [3.63, 3.8) is 0 Å². The van der Waals surface area contributed by atoms with Crippen LogP contribution in [0.15, 0.2) is 11.6 Å². The molecule has 0 aliphatic heterocycles. The second-order valence-electron chi connectivity index (χ2n) is 3.06. The SMILES string of the molecule is CN(CCOCCN)Cc1nccs1.Cl.Cl. The van der Waals surface area contributed by atoms with Crippen molar-refractivity contribution in [1.82, 2.24) is 9.88 Å². The molecule has 0 aliphatic carbocycles. The van der Waals surface area contributed by atoms with E-state index < -0.39 is 0 Å². The lowest BCUT2D eigenvalue weighted by atomic mass is 10.5. The van der Waals surface area contributed by atoms with Gasteiger partial charge >= 0.3 is 0 Å². The summed E-state index contributed by atoms with van der Waals surface area (Å²) in [5.41, 5.74) is 5.31. The highest BCUT2D eigenvalue weighted by atomic mass is 35.5. The van der Waals surface area contributed by atoms with Crippen molar-refractivity contribution in [3.8, 4) is 0 Å². The molecule has 1 aromatic heterocycles. The first-order valence-electron chi connectivity index (χ1n) is 4.67. The molecule has 7 heteroatoms. The first kappa shape index (κ1) is 18.5.